The number of phenols is 2. The molecule has 3 aromatic rings. The van der Waals surface area contributed by atoms with Gasteiger partial charge in [0.15, 0.2) is 34.3 Å². The average Bonchev–Trinajstić information content (AvgIpc) is 3.72. The van der Waals surface area contributed by atoms with Gasteiger partial charge in [0.25, 0.3) is 15.6 Å². The number of aromatic nitrogens is 4. The van der Waals surface area contributed by atoms with Gasteiger partial charge < -0.3 is 84.3 Å². The van der Waals surface area contributed by atoms with Crippen molar-refractivity contribution in [2.24, 2.45) is 5.41 Å². The van der Waals surface area contributed by atoms with E-state index in [1.807, 2.05) is 0 Å². The third-order valence-corrected chi connectivity index (χ3v) is 12.4. The fourth-order valence-corrected chi connectivity index (χ4v) is 8.80. The minimum atomic E-state index is -5.95. The largest absolute Gasteiger partial charge is 0.790 e. The Hall–Kier alpha value is -3.66. The van der Waals surface area contributed by atoms with E-state index in [1.54, 1.807) is 0 Å². The van der Waals surface area contributed by atoms with Gasteiger partial charge in [-0.1, -0.05) is 31.7 Å². The van der Waals surface area contributed by atoms with Gasteiger partial charge in [0.1, 0.15) is 36.3 Å². The molecule has 3 unspecified atom stereocenters. The molecule has 1 fully saturated rings. The topological polar surface area (TPSA) is 436 Å². The lowest BCUT2D eigenvalue weighted by Crippen LogP contribution is -2.46. The Labute approximate surface area is 349 Å². The van der Waals surface area contributed by atoms with Gasteiger partial charge in [-0.05, 0) is 17.7 Å². The summed E-state index contributed by atoms with van der Waals surface area (Å²) in [6, 6.07) is 3.61. The molecule has 1 aromatic carbocycles. The van der Waals surface area contributed by atoms with Crippen LogP contribution >= 0.6 is 35.2 Å². The number of hydrogen-bond donors (Lipinski definition) is 8. The molecule has 1 aliphatic rings. The highest BCUT2D eigenvalue weighted by Gasteiger charge is 2.47. The van der Waals surface area contributed by atoms with Crippen molar-refractivity contribution in [3.05, 3.63) is 36.4 Å². The molecule has 340 valence electrons. The van der Waals surface area contributed by atoms with Crippen molar-refractivity contribution in [2.45, 2.75) is 63.4 Å². The number of imidazole rings is 1. The van der Waals surface area contributed by atoms with Crippen LogP contribution in [0.5, 0.6) is 11.5 Å². The number of aromatic hydroxyl groups is 2. The van der Waals surface area contributed by atoms with Gasteiger partial charge in [0.2, 0.25) is 11.8 Å². The maximum atomic E-state index is 12.6. The fraction of sp³-hybridized carbons (Fsp3) is 0.533. The maximum Gasteiger partial charge on any atom is 0.274 e. The van der Waals surface area contributed by atoms with E-state index < -0.39 is 107 Å². The predicted octanol–water partition coefficient (Wildman–Crippen LogP) is -3.33. The summed E-state index contributed by atoms with van der Waals surface area (Å²) >= 11 is 0.817. The number of anilines is 1. The second-order valence-electron chi connectivity index (χ2n) is 13.7. The number of phosphoric acid groups is 3. The lowest BCUT2D eigenvalue weighted by atomic mass is 9.87. The Kier molecular flexibility index (Phi) is 16.9. The number of phosphoric ester groups is 3. The molecule has 2 amide bonds. The number of hydrogen-bond acceptors (Lipinski definition) is 25. The van der Waals surface area contributed by atoms with E-state index in [0.717, 1.165) is 55.0 Å². The summed E-state index contributed by atoms with van der Waals surface area (Å²) in [5.41, 5.74) is 4.20. The van der Waals surface area contributed by atoms with Gasteiger partial charge in [0.05, 0.1) is 33.5 Å². The number of rotatable bonds is 22. The number of fused-ring (bicyclic) bond motifs is 1. The third kappa shape index (κ3) is 14.4. The van der Waals surface area contributed by atoms with E-state index in [9.17, 15) is 73.2 Å². The Morgan fingerprint density at radius 3 is 2.38 bits per heavy atom. The highest BCUT2D eigenvalue weighted by atomic mass is 32.2. The summed E-state index contributed by atoms with van der Waals surface area (Å²) in [5, 5.41) is 54.8. The number of nitrogens with zero attached hydrogens (tertiary/aromatic N) is 4. The minimum Gasteiger partial charge on any atom is -0.790 e. The van der Waals surface area contributed by atoms with Gasteiger partial charge in [0, 0.05) is 37.1 Å². The standard InChI is InChI=1S/C30H44N7O20P3S/c1-30(2,25(44)28(45)33-6-5-20(41)32-7-8-61-21(42)10-17(39)15-3-4-16(38)18(40)9-15)12-54-60(51,52)57-59(49,50)53-11-19-24(56-58(46,47)48)23(43)29(55-19)37-14-36-22-26(31)34-13-35-27(22)37/h3-4,9,13-14,17,19,23-25,29,38-40,43-44H,5-8,10-12H2,1-2H3,(H,32,41)(H,33,45)(H,49,50)(H,51,52)(H2,31,34,35)(H2,46,47,48)/p-4/t17?,19-,23-,24-,25+,29-/m1/s1. The summed E-state index contributed by atoms with van der Waals surface area (Å²) < 4.78 is 60.5. The van der Waals surface area contributed by atoms with E-state index in [1.165, 1.54) is 6.07 Å². The summed E-state index contributed by atoms with van der Waals surface area (Å²) in [7, 11) is -17.7. The Morgan fingerprint density at radius 1 is 1.02 bits per heavy atom. The fourth-order valence-electron chi connectivity index (χ4n) is 5.35. The summed E-state index contributed by atoms with van der Waals surface area (Å²) in [5.74, 6) is -2.45. The first-order valence-corrected chi connectivity index (χ1v) is 22.8. The van der Waals surface area contributed by atoms with E-state index in [4.69, 9.17) is 10.5 Å². The number of aliphatic hydroxyl groups is 3. The van der Waals surface area contributed by atoms with Crippen LogP contribution in [-0.2, 0) is 50.7 Å². The molecule has 0 bridgehead atoms. The number of nitrogens with two attached hydrogens (primary N) is 1. The van der Waals surface area contributed by atoms with Crippen LogP contribution in [0.2, 0.25) is 0 Å². The molecule has 0 spiro atoms. The summed E-state index contributed by atoms with van der Waals surface area (Å²) in [4.78, 5) is 96.4. The number of carbonyl (C=O) groups excluding carboxylic acids is 3. The first kappa shape index (κ1) is 50.0. The summed E-state index contributed by atoms with van der Waals surface area (Å²) in [6.07, 6.45) is -9.39. The van der Waals surface area contributed by atoms with E-state index in [0.29, 0.717) is 0 Å². The van der Waals surface area contributed by atoms with Crippen molar-refractivity contribution >= 4 is 69.1 Å². The number of aliphatic hydroxyl groups excluding tert-OH is 3. The molecule has 0 radical (unpaired) electrons. The maximum absolute atomic E-state index is 12.6. The van der Waals surface area contributed by atoms with Gasteiger partial charge in [-0.25, -0.2) is 19.3 Å². The molecule has 31 heteroatoms. The van der Waals surface area contributed by atoms with E-state index in [2.05, 4.69) is 43.5 Å². The Bertz CT molecular complexity index is 2200. The number of phenolic OH excluding ortho intramolecular Hbond substituents is 2. The number of thioether (sulfide) groups is 1. The molecular weight excluding hydrogens is 903 g/mol. The second kappa shape index (κ2) is 20.7. The van der Waals surface area contributed by atoms with Crippen LogP contribution in [0.1, 0.15) is 44.6 Å². The molecule has 0 aliphatic carbocycles. The van der Waals surface area contributed by atoms with E-state index in [-0.39, 0.29) is 54.2 Å². The smallest absolute Gasteiger partial charge is 0.274 e. The summed E-state index contributed by atoms with van der Waals surface area (Å²) in [6.45, 7) is -0.271. The van der Waals surface area contributed by atoms with Crippen molar-refractivity contribution in [3.63, 3.8) is 0 Å². The van der Waals surface area contributed by atoms with Gasteiger partial charge >= 0.3 is 0 Å². The number of amides is 2. The molecule has 2 aromatic heterocycles. The molecule has 4 rings (SSSR count). The van der Waals surface area contributed by atoms with Gasteiger partial charge in [-0.15, -0.1) is 0 Å². The SMILES string of the molecule is CC(C)(COP(=O)([O-])OP(=O)([O-])OC[C@H]1O[C@@H](n2cnc3c(N)ncnc32)[C@H](O)[C@@H]1OP(=O)([O-])[O-])[C@@H](O)C(=O)NCCC(=O)NCCSC(=O)CC(O)c1ccc(O)c(O)c1. The normalized spacial score (nSPS) is 21.3. The Balaban J connectivity index is 1.19. The van der Waals surface area contributed by atoms with Crippen molar-refractivity contribution in [3.8, 4) is 11.5 Å². The zero-order chi connectivity index (χ0) is 45.5. The van der Waals surface area contributed by atoms with Gasteiger partial charge in [-0.2, -0.15) is 0 Å². The van der Waals surface area contributed by atoms with Crippen LogP contribution in [0.25, 0.3) is 11.2 Å². The lowest BCUT2D eigenvalue weighted by molar-refractivity contribution is -0.347. The van der Waals surface area contributed by atoms with Crippen molar-refractivity contribution in [1.29, 1.82) is 0 Å². The van der Waals surface area contributed by atoms with Crippen LogP contribution in [0.4, 0.5) is 5.82 Å². The third-order valence-electron chi connectivity index (χ3n) is 8.48. The Morgan fingerprint density at radius 2 is 1.70 bits per heavy atom. The molecule has 8 atom stereocenters. The van der Waals surface area contributed by atoms with Crippen LogP contribution in [0, 0.1) is 5.41 Å². The second-order valence-corrected chi connectivity index (χ2v) is 18.9. The molecule has 9 N–H and O–H groups in total. The molecular formula is C30H40N7O20P3S-4. The minimum absolute atomic E-state index is 0.0280. The first-order chi connectivity index (χ1) is 28.3. The van der Waals surface area contributed by atoms with Crippen LogP contribution in [0.15, 0.2) is 30.9 Å². The zero-order valence-electron chi connectivity index (χ0n) is 31.8. The first-order valence-electron chi connectivity index (χ1n) is 17.5. The number of nitrogens with one attached hydrogen (secondary N) is 2. The number of nitrogen functional groups attached to an aromatic ring is 1. The highest BCUT2D eigenvalue weighted by Crippen LogP contribution is 2.56. The zero-order valence-corrected chi connectivity index (χ0v) is 35.3. The van der Waals surface area contributed by atoms with Crippen molar-refractivity contribution < 1.29 is 95.8 Å². The van der Waals surface area contributed by atoms with Crippen LogP contribution in [-0.4, -0.2) is 118 Å². The van der Waals surface area contributed by atoms with Gasteiger partial charge in [-0.3, -0.25) is 28.1 Å². The molecule has 61 heavy (non-hydrogen) atoms. The number of benzene rings is 1. The molecule has 1 aliphatic heterocycles. The molecule has 27 nitrogen and oxygen atoms in total. The number of ether oxygens (including phenoxy) is 1. The molecule has 3 heterocycles. The monoisotopic (exact) mass is 943 g/mol. The molecule has 0 saturated carbocycles. The lowest BCUT2D eigenvalue weighted by Gasteiger charge is -2.36. The van der Waals surface area contributed by atoms with E-state index >= 15 is 0 Å². The van der Waals surface area contributed by atoms with Crippen LogP contribution in [0.3, 0.4) is 0 Å². The average molecular weight is 944 g/mol. The number of carbonyl (C=O) groups is 3. The molecule has 1 saturated heterocycles. The van der Waals surface area contributed by atoms with Crippen molar-refractivity contribution in [2.75, 3.05) is 37.8 Å². The quantitative estimate of drug-likeness (QED) is 0.0277. The van der Waals surface area contributed by atoms with Crippen LogP contribution < -0.4 is 35.9 Å². The highest BCUT2D eigenvalue weighted by molar-refractivity contribution is 8.13. The predicted molar refractivity (Wildman–Crippen MR) is 198 cm³/mol. The van der Waals surface area contributed by atoms with Crippen molar-refractivity contribution in [1.82, 2.24) is 30.2 Å².